The van der Waals surface area contributed by atoms with Crippen LogP contribution >= 0.6 is 0 Å². The van der Waals surface area contributed by atoms with E-state index in [1.807, 2.05) is 0 Å². The topological polar surface area (TPSA) is 229 Å². The van der Waals surface area contributed by atoms with E-state index in [1.54, 1.807) is 0 Å². The fourth-order valence-electron chi connectivity index (χ4n) is 3.24. The van der Waals surface area contributed by atoms with Gasteiger partial charge in [0.05, 0.1) is 19.8 Å². The van der Waals surface area contributed by atoms with Crippen molar-refractivity contribution in [3.8, 4) is 0 Å². The third-order valence-electron chi connectivity index (χ3n) is 4.78. The monoisotopic (exact) mass is 367 g/mol. The van der Waals surface area contributed by atoms with Crippen molar-refractivity contribution in [3.05, 3.63) is 10.4 Å². The maximum absolute atomic E-state index is 10.9. The Bertz CT molecular complexity index is 529. The molecule has 13 nitrogen and oxygen atoms in total. The van der Waals surface area contributed by atoms with Gasteiger partial charge < -0.3 is 50.3 Å². The molecular formula is C12H21N3O10. The van der Waals surface area contributed by atoms with Crippen LogP contribution in [0.3, 0.4) is 0 Å². The van der Waals surface area contributed by atoms with E-state index in [-0.39, 0.29) is 0 Å². The Labute approximate surface area is 140 Å². The van der Waals surface area contributed by atoms with Crippen LogP contribution in [0.15, 0.2) is 5.11 Å². The molecule has 0 radical (unpaired) electrons. The minimum Gasteiger partial charge on any atom is -0.394 e. The Kier molecular flexibility index (Phi) is 5.88. The second-order valence-electron chi connectivity index (χ2n) is 6.06. The molecule has 0 bridgehead atoms. The predicted molar refractivity (Wildman–Crippen MR) is 75.6 cm³/mol. The van der Waals surface area contributed by atoms with E-state index in [2.05, 4.69) is 10.0 Å². The van der Waals surface area contributed by atoms with Gasteiger partial charge in [-0.25, -0.2) is 0 Å². The lowest BCUT2D eigenvalue weighted by atomic mass is 9.66. The average Bonchev–Trinajstić information content (AvgIpc) is 2.60. The molecule has 0 unspecified atom stereocenters. The van der Waals surface area contributed by atoms with Gasteiger partial charge in [-0.15, -0.1) is 0 Å². The van der Waals surface area contributed by atoms with E-state index >= 15 is 0 Å². The molecule has 2 rings (SSSR count). The summed E-state index contributed by atoms with van der Waals surface area (Å²) in [5.41, 5.74) is 2.73. The number of aliphatic hydroxyl groups excluding tert-OH is 6. The van der Waals surface area contributed by atoms with Gasteiger partial charge in [-0.2, -0.15) is 0 Å². The highest BCUT2D eigenvalue weighted by Crippen LogP contribution is 2.43. The molecule has 0 aromatic carbocycles. The van der Waals surface area contributed by atoms with Crippen LogP contribution in [0.1, 0.15) is 0 Å². The molecule has 0 aromatic heterocycles. The summed E-state index contributed by atoms with van der Waals surface area (Å²) in [4.78, 5) is 2.40. The highest BCUT2D eigenvalue weighted by atomic mass is 16.6. The van der Waals surface area contributed by atoms with Crippen LogP contribution in [0.5, 0.6) is 0 Å². The molecule has 2 fully saturated rings. The number of hydrogen-bond donors (Lipinski definition) is 8. The number of rotatable bonds is 4. The maximum atomic E-state index is 10.9. The number of aliphatic hydroxyl groups is 8. The van der Waals surface area contributed by atoms with Crippen LogP contribution in [0.4, 0.5) is 0 Å². The van der Waals surface area contributed by atoms with Gasteiger partial charge in [0.2, 0.25) is 0 Å². The van der Waals surface area contributed by atoms with Crippen molar-refractivity contribution in [2.75, 3.05) is 19.8 Å². The summed E-state index contributed by atoms with van der Waals surface area (Å²) in [7, 11) is 0. The Hall–Kier alpha value is -1.09. The highest BCUT2D eigenvalue weighted by molar-refractivity contribution is 5.18. The molecule has 9 atom stereocenters. The van der Waals surface area contributed by atoms with Crippen molar-refractivity contribution < 1.29 is 50.3 Å². The first-order chi connectivity index (χ1) is 11.7. The van der Waals surface area contributed by atoms with E-state index in [0.717, 1.165) is 0 Å². The quantitative estimate of drug-likeness (QED) is 0.134. The third-order valence-corrected chi connectivity index (χ3v) is 4.78. The van der Waals surface area contributed by atoms with Gasteiger partial charge in [-0.1, -0.05) is 5.11 Å². The number of ether oxygens (including phenoxy) is 2. The van der Waals surface area contributed by atoms with E-state index in [0.29, 0.717) is 0 Å². The van der Waals surface area contributed by atoms with Gasteiger partial charge >= 0.3 is 0 Å². The molecule has 144 valence electrons. The SMILES string of the molecule is [N-]=[N+]=N[C@@H]1O[C@H](CO)[C@](O)([C@@]2(O)CO[C@H](CO)[C@@H](O)[C@@H]2O)[C@H](O)[C@H]1O. The van der Waals surface area contributed by atoms with Gasteiger partial charge in [0.15, 0.2) is 17.4 Å². The summed E-state index contributed by atoms with van der Waals surface area (Å²) in [6.45, 7) is -2.58. The van der Waals surface area contributed by atoms with Gasteiger partial charge in [-0.05, 0) is 5.53 Å². The minimum absolute atomic E-state index is 0.698. The molecule has 2 saturated heterocycles. The number of azide groups is 1. The number of nitrogens with zero attached hydrogens (tertiary/aromatic N) is 3. The molecule has 0 saturated carbocycles. The molecule has 8 N–H and O–H groups in total. The summed E-state index contributed by atoms with van der Waals surface area (Å²) in [6.07, 6.45) is -13.0. The lowest BCUT2D eigenvalue weighted by Gasteiger charge is -2.57. The van der Waals surface area contributed by atoms with Gasteiger partial charge in [0.1, 0.15) is 36.6 Å². The zero-order valence-corrected chi connectivity index (χ0v) is 12.9. The first-order valence-corrected chi connectivity index (χ1v) is 7.39. The molecular weight excluding hydrogens is 346 g/mol. The second-order valence-corrected chi connectivity index (χ2v) is 6.06. The van der Waals surface area contributed by atoms with Gasteiger partial charge in [-0.3, -0.25) is 0 Å². The molecule has 0 spiro atoms. The zero-order valence-electron chi connectivity index (χ0n) is 12.9. The number of hydrogen-bond acceptors (Lipinski definition) is 11. The average molecular weight is 367 g/mol. The van der Waals surface area contributed by atoms with Gasteiger partial charge in [0.25, 0.3) is 0 Å². The van der Waals surface area contributed by atoms with Crippen molar-refractivity contribution >= 4 is 0 Å². The molecule has 0 aromatic rings. The molecule has 2 aliphatic rings. The maximum Gasteiger partial charge on any atom is 0.165 e. The Balaban J connectivity index is 2.44. The summed E-state index contributed by atoms with van der Waals surface area (Å²) in [5, 5.41) is 83.8. The Morgan fingerprint density at radius 2 is 1.68 bits per heavy atom. The van der Waals surface area contributed by atoms with E-state index in [4.69, 9.17) is 20.1 Å². The van der Waals surface area contributed by atoms with Gasteiger partial charge in [0, 0.05) is 4.91 Å². The lowest BCUT2D eigenvalue weighted by molar-refractivity contribution is -0.368. The van der Waals surface area contributed by atoms with Crippen LogP contribution in [-0.2, 0) is 9.47 Å². The van der Waals surface area contributed by atoms with Crippen molar-refractivity contribution in [1.29, 1.82) is 0 Å². The standard InChI is InChI=1S/C12H21N3O10/c13-15-14-10-7(19)9(21)12(23,5(2-17)25-10)11(22)3-24-4(1-16)6(18)8(11)20/h4-10,16-23H,1-3H2/t4-,5-,6-,7-,8+,9-,10-,11-,12-/m1/s1. The second kappa shape index (κ2) is 7.26. The van der Waals surface area contributed by atoms with Crippen LogP contribution in [0, 0.1) is 0 Å². The van der Waals surface area contributed by atoms with E-state index in [1.165, 1.54) is 0 Å². The fraction of sp³-hybridized carbons (Fsp3) is 1.00. The van der Waals surface area contributed by atoms with Crippen LogP contribution in [0.25, 0.3) is 10.4 Å². The predicted octanol–water partition coefficient (Wildman–Crippen LogP) is -4.69. The third kappa shape index (κ3) is 2.89. The molecule has 2 aliphatic heterocycles. The smallest absolute Gasteiger partial charge is 0.165 e. The molecule has 0 amide bonds. The van der Waals surface area contributed by atoms with E-state index in [9.17, 15) is 35.7 Å². The summed E-state index contributed by atoms with van der Waals surface area (Å²) >= 11 is 0. The Morgan fingerprint density at radius 3 is 2.20 bits per heavy atom. The normalized spacial score (nSPS) is 51.0. The highest BCUT2D eigenvalue weighted by Gasteiger charge is 2.69. The molecule has 2 heterocycles. The van der Waals surface area contributed by atoms with E-state index < -0.39 is 73.9 Å². The van der Waals surface area contributed by atoms with Crippen LogP contribution < -0.4 is 0 Å². The van der Waals surface area contributed by atoms with Crippen molar-refractivity contribution in [2.24, 2.45) is 5.11 Å². The van der Waals surface area contributed by atoms with Crippen molar-refractivity contribution in [2.45, 2.75) is 54.1 Å². The molecule has 25 heavy (non-hydrogen) atoms. The Morgan fingerprint density at radius 1 is 1.04 bits per heavy atom. The first-order valence-electron chi connectivity index (χ1n) is 7.39. The zero-order chi connectivity index (χ0) is 19.0. The summed E-state index contributed by atoms with van der Waals surface area (Å²) < 4.78 is 10.1. The largest absolute Gasteiger partial charge is 0.394 e. The summed E-state index contributed by atoms with van der Waals surface area (Å²) in [6, 6.07) is 0. The fourth-order valence-corrected chi connectivity index (χ4v) is 3.24. The molecule has 13 heteroatoms. The minimum atomic E-state index is -2.91. The van der Waals surface area contributed by atoms with Crippen molar-refractivity contribution in [1.82, 2.24) is 0 Å². The van der Waals surface area contributed by atoms with Crippen LogP contribution in [0.2, 0.25) is 0 Å². The first kappa shape index (κ1) is 20.2. The molecule has 0 aliphatic carbocycles. The van der Waals surface area contributed by atoms with Crippen molar-refractivity contribution in [3.63, 3.8) is 0 Å². The van der Waals surface area contributed by atoms with Crippen LogP contribution in [-0.4, -0.2) is 115 Å². The summed E-state index contributed by atoms with van der Waals surface area (Å²) in [5.74, 6) is 0. The lowest BCUT2D eigenvalue weighted by Crippen LogP contribution is -2.82.